The predicted octanol–water partition coefficient (Wildman–Crippen LogP) is 3.68. The number of ether oxygens (including phenoxy) is 6. The van der Waals surface area contributed by atoms with Crippen LogP contribution in [0.3, 0.4) is 0 Å². The Bertz CT molecular complexity index is 761. The highest BCUT2D eigenvalue weighted by Crippen LogP contribution is 2.31. The molecule has 0 radical (unpaired) electrons. The summed E-state index contributed by atoms with van der Waals surface area (Å²) < 4.78 is 34.0. The molecule has 2 aromatic carbocycles. The first kappa shape index (κ1) is 21.3. The average Bonchev–Trinajstić information content (AvgIpc) is 2.75. The minimum atomic E-state index is 0.484. The maximum absolute atomic E-state index is 5.97. The Balaban J connectivity index is 1.76. The van der Waals surface area contributed by atoms with Crippen molar-refractivity contribution < 1.29 is 28.4 Å². The van der Waals surface area contributed by atoms with Crippen LogP contribution in [0.25, 0.3) is 0 Å². The number of benzene rings is 2. The molecule has 4 rings (SSSR count). The molecule has 0 spiro atoms. The van der Waals surface area contributed by atoms with Gasteiger partial charge in [-0.25, -0.2) is 0 Å². The smallest absolute Gasteiger partial charge is 0.126 e. The lowest BCUT2D eigenvalue weighted by Gasteiger charge is -2.15. The Labute approximate surface area is 172 Å². The molecule has 158 valence electrons. The molecule has 2 bridgehead atoms. The normalized spacial score (nSPS) is 16.3. The van der Waals surface area contributed by atoms with E-state index in [-0.39, 0.29) is 0 Å². The van der Waals surface area contributed by atoms with Crippen LogP contribution in [0, 0.1) is 0 Å². The van der Waals surface area contributed by atoms with Gasteiger partial charge in [0, 0.05) is 11.6 Å². The molecule has 0 fully saturated rings. The number of rotatable bonds is 2. The number of aryl methyl sites for hydroxylation is 1. The molecule has 6 heteroatoms. The summed E-state index contributed by atoms with van der Waals surface area (Å²) in [6, 6.07) is 11.9. The molecule has 0 saturated heterocycles. The Morgan fingerprint density at radius 3 is 2.21 bits per heavy atom. The highest BCUT2D eigenvalue weighted by atomic mass is 16.6. The molecule has 0 amide bonds. The predicted molar refractivity (Wildman–Crippen MR) is 111 cm³/mol. The van der Waals surface area contributed by atoms with Crippen molar-refractivity contribution in [1.29, 1.82) is 0 Å². The van der Waals surface area contributed by atoms with E-state index >= 15 is 0 Å². The zero-order chi connectivity index (χ0) is 20.3. The van der Waals surface area contributed by atoms with E-state index in [0.717, 1.165) is 53.4 Å². The lowest BCUT2D eigenvalue weighted by atomic mass is 10.0. The van der Waals surface area contributed by atoms with E-state index in [4.69, 9.17) is 28.4 Å². The fraction of sp³-hybridized carbons (Fsp3) is 0.478. The van der Waals surface area contributed by atoms with E-state index in [9.17, 15) is 0 Å². The molecule has 0 saturated carbocycles. The van der Waals surface area contributed by atoms with Crippen LogP contribution in [-0.4, -0.2) is 53.9 Å². The largest absolute Gasteiger partial charge is 0.496 e. The SMILES string of the molecule is COc1cc2ccc1CCCc1c(OC)cccc1OCCOCCOCCO2. The molecule has 2 heterocycles. The van der Waals surface area contributed by atoms with Crippen molar-refractivity contribution in [2.45, 2.75) is 19.3 Å². The molecule has 2 aliphatic heterocycles. The van der Waals surface area contributed by atoms with Crippen LogP contribution >= 0.6 is 0 Å². The molecule has 2 aliphatic rings. The third-order valence-electron chi connectivity index (χ3n) is 4.80. The van der Waals surface area contributed by atoms with Crippen molar-refractivity contribution >= 4 is 0 Å². The van der Waals surface area contributed by atoms with Gasteiger partial charge in [0.1, 0.15) is 36.2 Å². The van der Waals surface area contributed by atoms with Crippen LogP contribution in [0.15, 0.2) is 36.4 Å². The summed E-state index contributed by atoms with van der Waals surface area (Å²) in [6.07, 6.45) is 2.67. The van der Waals surface area contributed by atoms with Crippen LogP contribution in [0.5, 0.6) is 23.0 Å². The molecule has 0 aromatic heterocycles. The lowest BCUT2D eigenvalue weighted by Crippen LogP contribution is -2.13. The number of hydrogen-bond acceptors (Lipinski definition) is 6. The van der Waals surface area contributed by atoms with Gasteiger partial charge >= 0.3 is 0 Å². The topological polar surface area (TPSA) is 55.4 Å². The highest BCUT2D eigenvalue weighted by Gasteiger charge is 2.12. The van der Waals surface area contributed by atoms with Gasteiger partial charge in [0.05, 0.1) is 40.6 Å². The fourth-order valence-electron chi connectivity index (χ4n) is 3.35. The minimum Gasteiger partial charge on any atom is -0.496 e. The van der Waals surface area contributed by atoms with Crippen LogP contribution < -0.4 is 18.9 Å². The highest BCUT2D eigenvalue weighted by molar-refractivity contribution is 5.45. The van der Waals surface area contributed by atoms with Gasteiger partial charge < -0.3 is 28.4 Å². The molecule has 6 nitrogen and oxygen atoms in total. The summed E-state index contributed by atoms with van der Waals surface area (Å²) in [6.45, 7) is 3.04. The van der Waals surface area contributed by atoms with Crippen LogP contribution in [0.4, 0.5) is 0 Å². The van der Waals surface area contributed by atoms with E-state index in [1.54, 1.807) is 14.2 Å². The molecular weight excluding hydrogens is 372 g/mol. The lowest BCUT2D eigenvalue weighted by molar-refractivity contribution is 0.0272. The number of methoxy groups -OCH3 is 2. The standard InChI is InChI=1S/C23H30O6/c1-24-21-7-4-8-22-20(21)6-3-5-18-9-10-19(17-23(18)25-2)28-15-13-26-11-12-27-14-16-29-22/h4,7-10,17H,3,5-6,11-16H2,1-2H3. The first-order valence-electron chi connectivity index (χ1n) is 10.1. The van der Waals surface area contributed by atoms with Crippen molar-refractivity contribution in [3.63, 3.8) is 0 Å². The maximum Gasteiger partial charge on any atom is 0.126 e. The first-order chi connectivity index (χ1) is 14.3. The van der Waals surface area contributed by atoms with Gasteiger partial charge in [-0.1, -0.05) is 12.1 Å². The summed E-state index contributed by atoms with van der Waals surface area (Å²) in [5.41, 5.74) is 2.23. The second kappa shape index (κ2) is 11.5. The van der Waals surface area contributed by atoms with Gasteiger partial charge in [-0.2, -0.15) is 0 Å². The zero-order valence-electron chi connectivity index (χ0n) is 17.3. The Hall–Kier alpha value is -2.44. The van der Waals surface area contributed by atoms with Crippen molar-refractivity contribution in [1.82, 2.24) is 0 Å². The molecule has 0 aliphatic carbocycles. The van der Waals surface area contributed by atoms with E-state index in [1.807, 2.05) is 30.3 Å². The monoisotopic (exact) mass is 402 g/mol. The first-order valence-corrected chi connectivity index (χ1v) is 10.1. The zero-order valence-corrected chi connectivity index (χ0v) is 17.3. The van der Waals surface area contributed by atoms with Crippen molar-refractivity contribution in [3.8, 4) is 23.0 Å². The maximum atomic E-state index is 5.97. The van der Waals surface area contributed by atoms with Crippen LogP contribution in [0.1, 0.15) is 17.5 Å². The Morgan fingerprint density at radius 2 is 1.45 bits per heavy atom. The Morgan fingerprint density at radius 1 is 0.724 bits per heavy atom. The molecule has 0 N–H and O–H groups in total. The van der Waals surface area contributed by atoms with Gasteiger partial charge in [-0.05, 0) is 43.0 Å². The van der Waals surface area contributed by atoms with E-state index in [2.05, 4.69) is 6.07 Å². The molecule has 0 atom stereocenters. The average molecular weight is 402 g/mol. The van der Waals surface area contributed by atoms with Crippen molar-refractivity contribution in [2.24, 2.45) is 0 Å². The van der Waals surface area contributed by atoms with Crippen LogP contribution in [-0.2, 0) is 22.3 Å². The van der Waals surface area contributed by atoms with Crippen LogP contribution in [0.2, 0.25) is 0 Å². The third-order valence-corrected chi connectivity index (χ3v) is 4.80. The molecule has 0 unspecified atom stereocenters. The van der Waals surface area contributed by atoms with Gasteiger partial charge in [0.15, 0.2) is 0 Å². The minimum absolute atomic E-state index is 0.484. The molecular formula is C23H30O6. The van der Waals surface area contributed by atoms with Gasteiger partial charge in [0.2, 0.25) is 0 Å². The van der Waals surface area contributed by atoms with Gasteiger partial charge in [-0.15, -0.1) is 0 Å². The third kappa shape index (κ3) is 6.27. The van der Waals surface area contributed by atoms with E-state index < -0.39 is 0 Å². The van der Waals surface area contributed by atoms with Gasteiger partial charge in [-0.3, -0.25) is 0 Å². The van der Waals surface area contributed by atoms with Gasteiger partial charge in [0.25, 0.3) is 0 Å². The summed E-state index contributed by atoms with van der Waals surface area (Å²) in [7, 11) is 3.38. The summed E-state index contributed by atoms with van der Waals surface area (Å²) >= 11 is 0. The summed E-state index contributed by atoms with van der Waals surface area (Å²) in [5, 5.41) is 0. The number of hydrogen-bond donors (Lipinski definition) is 0. The second-order valence-corrected chi connectivity index (χ2v) is 6.69. The van der Waals surface area contributed by atoms with E-state index in [1.165, 1.54) is 0 Å². The fourth-order valence-corrected chi connectivity index (χ4v) is 3.35. The quantitative estimate of drug-likeness (QED) is 0.715. The summed E-state index contributed by atoms with van der Waals surface area (Å²) in [5.74, 6) is 3.31. The summed E-state index contributed by atoms with van der Waals surface area (Å²) in [4.78, 5) is 0. The van der Waals surface area contributed by atoms with Crippen molar-refractivity contribution in [3.05, 3.63) is 47.5 Å². The molecule has 2 aromatic rings. The second-order valence-electron chi connectivity index (χ2n) is 6.69. The Kier molecular flexibility index (Phi) is 8.46. The van der Waals surface area contributed by atoms with Crippen molar-refractivity contribution in [2.75, 3.05) is 53.9 Å². The number of fused-ring (bicyclic) bond motifs is 13. The molecule has 29 heavy (non-hydrogen) atoms. The van der Waals surface area contributed by atoms with E-state index in [0.29, 0.717) is 39.6 Å².